The molecule has 0 radical (unpaired) electrons. The molecular weight excluding hydrogens is 756 g/mol. The van der Waals surface area contributed by atoms with Crippen molar-refractivity contribution in [1.82, 2.24) is 10.2 Å². The third kappa shape index (κ3) is 11.5. The van der Waals surface area contributed by atoms with Crippen molar-refractivity contribution in [3.63, 3.8) is 0 Å². The number of carbonyl (C=O) groups excluding carboxylic acids is 3. The van der Waals surface area contributed by atoms with Crippen LogP contribution in [-0.4, -0.2) is 157 Å². The van der Waals surface area contributed by atoms with Gasteiger partial charge in [-0.2, -0.15) is 0 Å². The summed E-state index contributed by atoms with van der Waals surface area (Å²) < 4.78 is 50.6. The highest BCUT2D eigenvalue weighted by Crippen LogP contribution is 2.41. The first-order valence-electron chi connectivity index (χ1n) is 21.1. The van der Waals surface area contributed by atoms with Crippen molar-refractivity contribution in [1.29, 1.82) is 0 Å². The summed E-state index contributed by atoms with van der Waals surface area (Å²) in [5.74, 6) is -4.05. The molecule has 58 heavy (non-hydrogen) atoms. The Kier molecular flexibility index (Phi) is 18.0. The van der Waals surface area contributed by atoms with E-state index in [0.29, 0.717) is 12.8 Å². The maximum atomic E-state index is 14.4. The van der Waals surface area contributed by atoms with Crippen LogP contribution >= 0.6 is 0 Å². The number of nitrogens with one attached hydrogen (secondary N) is 1. The molecule has 3 saturated heterocycles. The predicted molar refractivity (Wildman–Crippen MR) is 213 cm³/mol. The molecule has 3 aliphatic heterocycles. The Morgan fingerprint density at radius 2 is 1.52 bits per heavy atom. The molecule has 3 aliphatic rings. The lowest BCUT2D eigenvalue weighted by molar-refractivity contribution is -0.320. The molecular formula is C42H76N2O14. The van der Waals surface area contributed by atoms with E-state index in [2.05, 4.69) is 5.32 Å². The quantitative estimate of drug-likeness (QED) is 0.221. The van der Waals surface area contributed by atoms with Crippen molar-refractivity contribution in [2.75, 3.05) is 28.3 Å². The van der Waals surface area contributed by atoms with Crippen molar-refractivity contribution in [2.45, 2.75) is 205 Å². The highest BCUT2D eigenvalue weighted by molar-refractivity contribution is 5.78. The zero-order chi connectivity index (χ0) is 44.1. The smallest absolute Gasteiger partial charge is 0.311 e. The van der Waals surface area contributed by atoms with Gasteiger partial charge in [0.05, 0.1) is 42.0 Å². The summed E-state index contributed by atoms with van der Waals surface area (Å²) in [5, 5.41) is 37.6. The largest absolute Gasteiger partial charge is 0.459 e. The maximum absolute atomic E-state index is 14.4. The number of cyclic esters (lactones) is 1. The molecule has 0 spiro atoms. The Morgan fingerprint density at radius 3 is 2.07 bits per heavy atom. The molecule has 0 aromatic heterocycles. The number of hydrogen-bond donors (Lipinski definition) is 4. The lowest BCUT2D eigenvalue weighted by Gasteiger charge is -2.49. The van der Waals surface area contributed by atoms with E-state index in [4.69, 9.17) is 37.9 Å². The molecule has 0 bridgehead atoms. The molecule has 4 N–H and O–H groups in total. The van der Waals surface area contributed by atoms with Crippen LogP contribution in [0.25, 0.3) is 0 Å². The van der Waals surface area contributed by atoms with Crippen molar-refractivity contribution >= 4 is 17.8 Å². The molecule has 0 aliphatic carbocycles. The number of aliphatic hydroxyl groups excluding tert-OH is 2. The standard InChI is InChI=1S/C42H76N2O14/c1-16-18-30(45)56-36-27(8)54-31(21-41(36,10)52-15)57-33-24(5)35(58-39-32(46)28(44(12)13)19-23(4)53-39)40(9,51-14)20-22(3)37(48)43-26(7)34(47)42(11,50)29(17-2)55-38(49)25(33)6/h22-29,31-36,39,46-47,50H,16-21H2,1-15H3,(H,43,48)/t22-,23-,24+,25-,26-,27+,28+,29-,31+,32-,33+,34-,35-,36+,39+,40-,41-,42-/m1/s1. The van der Waals surface area contributed by atoms with Gasteiger partial charge < -0.3 is 63.4 Å². The van der Waals surface area contributed by atoms with Crippen molar-refractivity contribution < 1.29 is 67.6 Å². The molecule has 0 aromatic rings. The third-order valence-electron chi connectivity index (χ3n) is 12.8. The Balaban J connectivity index is 2.22. The van der Waals surface area contributed by atoms with Crippen LogP contribution in [0.5, 0.6) is 0 Å². The lowest BCUT2D eigenvalue weighted by Crippen LogP contribution is -2.61. The number of esters is 2. The van der Waals surface area contributed by atoms with Gasteiger partial charge in [0.2, 0.25) is 5.91 Å². The van der Waals surface area contributed by atoms with Crippen LogP contribution < -0.4 is 5.32 Å². The minimum atomic E-state index is -1.96. The van der Waals surface area contributed by atoms with Gasteiger partial charge in [-0.15, -0.1) is 0 Å². The average Bonchev–Trinajstić information content (AvgIpc) is 3.15. The molecule has 0 saturated carbocycles. The molecule has 1 amide bonds. The Bertz CT molecular complexity index is 1350. The average molecular weight is 833 g/mol. The Labute approximate surface area is 346 Å². The van der Waals surface area contributed by atoms with Crippen LogP contribution in [0.4, 0.5) is 0 Å². The number of methoxy groups -OCH3 is 2. The van der Waals surface area contributed by atoms with Gasteiger partial charge in [0.25, 0.3) is 0 Å². The zero-order valence-corrected chi connectivity index (χ0v) is 37.7. The molecule has 3 heterocycles. The summed E-state index contributed by atoms with van der Waals surface area (Å²) in [4.78, 5) is 42.8. The lowest BCUT2D eigenvalue weighted by atomic mass is 9.77. The molecule has 18 atom stereocenters. The normalized spacial score (nSPS) is 45.1. The van der Waals surface area contributed by atoms with E-state index in [9.17, 15) is 29.7 Å². The van der Waals surface area contributed by atoms with E-state index in [1.54, 1.807) is 41.5 Å². The van der Waals surface area contributed by atoms with E-state index < -0.39 is 108 Å². The van der Waals surface area contributed by atoms with Crippen LogP contribution in [0.15, 0.2) is 0 Å². The molecule has 3 fully saturated rings. The number of rotatable bonds is 11. The maximum Gasteiger partial charge on any atom is 0.311 e. The minimum Gasteiger partial charge on any atom is -0.459 e. The number of nitrogens with zero attached hydrogens (tertiary/aromatic N) is 1. The van der Waals surface area contributed by atoms with Gasteiger partial charge in [0.1, 0.15) is 29.5 Å². The topological polar surface area (TPSA) is 201 Å². The first-order chi connectivity index (χ1) is 26.9. The van der Waals surface area contributed by atoms with Gasteiger partial charge in [-0.3, -0.25) is 14.4 Å². The summed E-state index contributed by atoms with van der Waals surface area (Å²) in [6.45, 7) is 19.0. The highest BCUT2D eigenvalue weighted by atomic mass is 16.7. The van der Waals surface area contributed by atoms with Gasteiger partial charge in [-0.05, 0) is 88.2 Å². The monoisotopic (exact) mass is 833 g/mol. The molecule has 0 unspecified atom stereocenters. The van der Waals surface area contributed by atoms with E-state index >= 15 is 0 Å². The van der Waals surface area contributed by atoms with Crippen LogP contribution in [-0.2, 0) is 52.3 Å². The molecule has 0 aromatic carbocycles. The second-order valence-corrected chi connectivity index (χ2v) is 18.0. The summed E-state index contributed by atoms with van der Waals surface area (Å²) in [7, 11) is 6.78. The van der Waals surface area contributed by atoms with Crippen molar-refractivity contribution in [3.05, 3.63) is 0 Å². The first-order valence-corrected chi connectivity index (χ1v) is 21.1. The molecule has 3 rings (SSSR count). The number of amides is 1. The van der Waals surface area contributed by atoms with E-state index in [1.165, 1.54) is 21.1 Å². The zero-order valence-electron chi connectivity index (χ0n) is 37.7. The summed E-state index contributed by atoms with van der Waals surface area (Å²) in [5.41, 5.74) is -4.29. The second kappa shape index (κ2) is 20.7. The van der Waals surface area contributed by atoms with E-state index in [1.807, 2.05) is 46.7 Å². The number of ether oxygens (including phenoxy) is 8. The first kappa shape index (κ1) is 50.4. The third-order valence-corrected chi connectivity index (χ3v) is 12.8. The van der Waals surface area contributed by atoms with Gasteiger partial charge in [-0.1, -0.05) is 27.7 Å². The van der Waals surface area contributed by atoms with Crippen molar-refractivity contribution in [2.24, 2.45) is 17.8 Å². The number of hydrogen-bond acceptors (Lipinski definition) is 15. The summed E-state index contributed by atoms with van der Waals surface area (Å²) >= 11 is 0. The predicted octanol–water partition coefficient (Wildman–Crippen LogP) is 3.09. The molecule has 16 nitrogen and oxygen atoms in total. The van der Waals surface area contributed by atoms with Gasteiger partial charge >= 0.3 is 11.9 Å². The molecule has 16 heteroatoms. The van der Waals surface area contributed by atoms with Gasteiger partial charge in [-0.25, -0.2) is 0 Å². The number of likely N-dealkylation sites (N-methyl/N-ethyl adjacent to an activating group) is 1. The van der Waals surface area contributed by atoms with Crippen LogP contribution in [0.1, 0.15) is 115 Å². The van der Waals surface area contributed by atoms with E-state index in [0.717, 1.165) is 0 Å². The summed E-state index contributed by atoms with van der Waals surface area (Å²) in [6.07, 6.45) is -7.96. The number of aliphatic hydroxyl groups is 3. The fourth-order valence-electron chi connectivity index (χ4n) is 9.03. The van der Waals surface area contributed by atoms with Crippen LogP contribution in [0.3, 0.4) is 0 Å². The molecule has 338 valence electrons. The van der Waals surface area contributed by atoms with Crippen molar-refractivity contribution in [3.8, 4) is 0 Å². The van der Waals surface area contributed by atoms with Crippen LogP contribution in [0, 0.1) is 17.8 Å². The number of carbonyl (C=O) groups is 3. The van der Waals surface area contributed by atoms with Gasteiger partial charge in [0, 0.05) is 44.9 Å². The van der Waals surface area contributed by atoms with Gasteiger partial charge in [0.15, 0.2) is 18.7 Å². The summed E-state index contributed by atoms with van der Waals surface area (Å²) in [6, 6.07) is -1.24. The second-order valence-electron chi connectivity index (χ2n) is 18.0. The Morgan fingerprint density at radius 1 is 0.914 bits per heavy atom. The van der Waals surface area contributed by atoms with E-state index in [-0.39, 0.29) is 43.8 Å². The minimum absolute atomic E-state index is 0.0890. The Hall–Kier alpha value is -1.99. The van der Waals surface area contributed by atoms with Crippen LogP contribution in [0.2, 0.25) is 0 Å². The SMILES string of the molecule is CCCC(=O)O[C@H]1[C@H](C)O[C@@H](O[C@H]2[C@H](C)[C@@H](O[C@@H]3O[C@H](C)C[C@H](N(C)C)[C@H]3O)[C@](C)(OC)C[C@@H](C)C(=O)N[C@H](C)[C@@H](O)[C@](C)(O)[C@@H](CC)OC(=O)[C@@H]2C)C[C@@]1(C)OC. The fraction of sp³-hybridized carbons (Fsp3) is 0.929. The fourth-order valence-corrected chi connectivity index (χ4v) is 9.03. The highest BCUT2D eigenvalue weighted by Gasteiger charge is 2.54.